The van der Waals surface area contributed by atoms with Crippen LogP contribution in [0.5, 0.6) is 11.5 Å². The second-order valence-corrected chi connectivity index (χ2v) is 9.72. The number of sulfonamides is 1. The van der Waals surface area contributed by atoms with Gasteiger partial charge in [-0.3, -0.25) is 9.59 Å². The van der Waals surface area contributed by atoms with Crippen LogP contribution in [0.15, 0.2) is 23.1 Å². The minimum atomic E-state index is -3.94. The van der Waals surface area contributed by atoms with E-state index in [4.69, 9.17) is 14.2 Å². The molecule has 1 aliphatic carbocycles. The fraction of sp³-hybridized carbons (Fsp3) is 0.619. The van der Waals surface area contributed by atoms with Gasteiger partial charge in [-0.25, -0.2) is 8.42 Å². The molecule has 1 aliphatic heterocycles. The minimum Gasteiger partial charge on any atom is -0.493 e. The summed E-state index contributed by atoms with van der Waals surface area (Å²) in [7, 11) is -1.05. The molecule has 0 spiro atoms. The summed E-state index contributed by atoms with van der Waals surface area (Å²) in [6.45, 7) is 0.446. The molecule has 1 saturated heterocycles. The van der Waals surface area contributed by atoms with Gasteiger partial charge in [-0.05, 0) is 31.4 Å². The lowest BCUT2D eigenvalue weighted by Crippen LogP contribution is -2.53. The lowest BCUT2D eigenvalue weighted by molar-refractivity contribution is -0.140. The predicted molar refractivity (Wildman–Crippen MR) is 116 cm³/mol. The van der Waals surface area contributed by atoms with Crippen molar-refractivity contribution in [3.8, 4) is 11.5 Å². The van der Waals surface area contributed by atoms with Crippen LogP contribution in [-0.2, 0) is 24.3 Å². The van der Waals surface area contributed by atoms with E-state index >= 15 is 0 Å². The second kappa shape index (κ2) is 11.0. The maximum atomic E-state index is 13.3. The molecule has 2 aliphatic rings. The molecule has 0 radical (unpaired) electrons. The van der Waals surface area contributed by atoms with Crippen LogP contribution in [0.1, 0.15) is 38.5 Å². The monoisotopic (exact) mass is 469 g/mol. The summed E-state index contributed by atoms with van der Waals surface area (Å²) in [5, 5.41) is 5.26. The molecule has 10 nitrogen and oxygen atoms in total. The normalized spacial score (nSPS) is 20.4. The molecule has 32 heavy (non-hydrogen) atoms. The zero-order valence-electron chi connectivity index (χ0n) is 18.5. The molecule has 0 bridgehead atoms. The molecule has 178 valence electrons. The number of nitrogens with zero attached hydrogens (tertiary/aromatic N) is 1. The van der Waals surface area contributed by atoms with Gasteiger partial charge in [0.1, 0.15) is 6.23 Å². The van der Waals surface area contributed by atoms with E-state index < -0.39 is 28.1 Å². The smallest absolute Gasteiger partial charge is 0.309 e. The van der Waals surface area contributed by atoms with Gasteiger partial charge in [0.05, 0.1) is 32.3 Å². The Bertz CT molecular complexity index is 916. The topological polar surface area (TPSA) is 123 Å². The highest BCUT2D eigenvalue weighted by atomic mass is 32.2. The molecule has 1 aromatic carbocycles. The molecule has 2 amide bonds. The Morgan fingerprint density at radius 3 is 2.47 bits per heavy atom. The van der Waals surface area contributed by atoms with Crippen molar-refractivity contribution in [2.45, 2.75) is 55.7 Å². The van der Waals surface area contributed by atoms with E-state index in [-0.39, 0.29) is 29.8 Å². The maximum absolute atomic E-state index is 13.3. The molecule has 11 heteroatoms. The number of ether oxygens (including phenoxy) is 3. The van der Waals surface area contributed by atoms with Crippen LogP contribution in [0.3, 0.4) is 0 Å². The molecule has 1 heterocycles. The van der Waals surface area contributed by atoms with Crippen molar-refractivity contribution in [3.05, 3.63) is 18.2 Å². The summed E-state index contributed by atoms with van der Waals surface area (Å²) >= 11 is 0. The van der Waals surface area contributed by atoms with Crippen LogP contribution in [0.4, 0.5) is 0 Å². The minimum absolute atomic E-state index is 0.00913. The number of carbonyl (C=O) groups excluding carboxylic acids is 2. The van der Waals surface area contributed by atoms with Crippen molar-refractivity contribution < 1.29 is 32.2 Å². The standard InChI is InChI=1S/C21H31N3O7S/c1-29-17-10-9-16(13-18(17)30-2)32(27,28)24-11-6-12-31-19(24)14-22-20(25)21(26)23-15-7-4-3-5-8-15/h9-10,13,15,19H,3-8,11-12,14H2,1-2H3,(H,22,25)(H,23,26). The van der Waals surface area contributed by atoms with Crippen LogP contribution in [0.25, 0.3) is 0 Å². The summed E-state index contributed by atoms with van der Waals surface area (Å²) in [4.78, 5) is 24.5. The van der Waals surface area contributed by atoms with Crippen LogP contribution >= 0.6 is 0 Å². The maximum Gasteiger partial charge on any atom is 0.309 e. The highest BCUT2D eigenvalue weighted by molar-refractivity contribution is 7.89. The van der Waals surface area contributed by atoms with E-state index in [1.54, 1.807) is 0 Å². The predicted octanol–water partition coefficient (Wildman–Crippen LogP) is 1.01. The van der Waals surface area contributed by atoms with Crippen LogP contribution in [0.2, 0.25) is 0 Å². The third kappa shape index (κ3) is 5.70. The Kier molecular flexibility index (Phi) is 8.32. The molecule has 1 aromatic rings. The number of amides is 2. The lowest BCUT2D eigenvalue weighted by atomic mass is 9.95. The molecule has 0 aromatic heterocycles. The third-order valence-corrected chi connectivity index (χ3v) is 7.58. The van der Waals surface area contributed by atoms with E-state index in [2.05, 4.69) is 10.6 Å². The first-order chi connectivity index (χ1) is 15.4. The van der Waals surface area contributed by atoms with Gasteiger partial charge in [0.25, 0.3) is 0 Å². The fourth-order valence-electron chi connectivity index (χ4n) is 3.97. The molecular formula is C21H31N3O7S. The van der Waals surface area contributed by atoms with E-state index in [0.29, 0.717) is 18.8 Å². The second-order valence-electron chi connectivity index (χ2n) is 7.83. The van der Waals surface area contributed by atoms with Gasteiger partial charge in [-0.15, -0.1) is 0 Å². The highest BCUT2D eigenvalue weighted by Gasteiger charge is 2.35. The van der Waals surface area contributed by atoms with Gasteiger partial charge in [0.2, 0.25) is 10.0 Å². The fourth-order valence-corrected chi connectivity index (χ4v) is 5.55. The van der Waals surface area contributed by atoms with Crippen molar-refractivity contribution in [2.24, 2.45) is 0 Å². The SMILES string of the molecule is COc1ccc(S(=O)(=O)N2CCCOC2CNC(=O)C(=O)NC2CCCCC2)cc1OC. The molecule has 3 rings (SSSR count). The summed E-state index contributed by atoms with van der Waals surface area (Å²) < 4.78 is 43.7. The average molecular weight is 470 g/mol. The van der Waals surface area contributed by atoms with Gasteiger partial charge in [0, 0.05) is 18.7 Å². The Morgan fingerprint density at radius 2 is 1.78 bits per heavy atom. The zero-order valence-corrected chi connectivity index (χ0v) is 19.3. The van der Waals surface area contributed by atoms with Crippen molar-refractivity contribution in [2.75, 3.05) is 33.9 Å². The first-order valence-electron chi connectivity index (χ1n) is 10.8. The van der Waals surface area contributed by atoms with Crippen LogP contribution < -0.4 is 20.1 Å². The number of nitrogens with one attached hydrogen (secondary N) is 2. The van der Waals surface area contributed by atoms with E-state index in [1.165, 1.54) is 36.7 Å². The van der Waals surface area contributed by atoms with Crippen molar-refractivity contribution >= 4 is 21.8 Å². The number of methoxy groups -OCH3 is 2. The van der Waals surface area contributed by atoms with Gasteiger partial charge in [-0.1, -0.05) is 19.3 Å². The Balaban J connectivity index is 1.66. The van der Waals surface area contributed by atoms with E-state index in [9.17, 15) is 18.0 Å². The Hall–Kier alpha value is -2.37. The quantitative estimate of drug-likeness (QED) is 0.571. The number of rotatable bonds is 7. The Morgan fingerprint density at radius 1 is 1.06 bits per heavy atom. The molecule has 1 unspecified atom stereocenters. The highest BCUT2D eigenvalue weighted by Crippen LogP contribution is 2.31. The number of hydrogen-bond acceptors (Lipinski definition) is 7. The summed E-state index contributed by atoms with van der Waals surface area (Å²) in [5.41, 5.74) is 0. The molecule has 1 atom stereocenters. The molecular weight excluding hydrogens is 438 g/mol. The van der Waals surface area contributed by atoms with Gasteiger partial charge in [0.15, 0.2) is 11.5 Å². The van der Waals surface area contributed by atoms with Gasteiger partial charge < -0.3 is 24.8 Å². The van der Waals surface area contributed by atoms with E-state index in [0.717, 1.165) is 32.1 Å². The van der Waals surface area contributed by atoms with Crippen molar-refractivity contribution in [1.82, 2.24) is 14.9 Å². The number of benzene rings is 1. The van der Waals surface area contributed by atoms with Crippen molar-refractivity contribution in [3.63, 3.8) is 0 Å². The lowest BCUT2D eigenvalue weighted by Gasteiger charge is -2.34. The van der Waals surface area contributed by atoms with Crippen LogP contribution in [-0.4, -0.2) is 70.7 Å². The summed E-state index contributed by atoms with van der Waals surface area (Å²) in [6, 6.07) is 4.34. The first kappa shape index (κ1) is 24.3. The molecule has 2 fully saturated rings. The van der Waals surface area contributed by atoms with Crippen LogP contribution in [0, 0.1) is 0 Å². The number of hydrogen-bond donors (Lipinski definition) is 2. The first-order valence-corrected chi connectivity index (χ1v) is 12.2. The molecule has 1 saturated carbocycles. The average Bonchev–Trinajstić information content (AvgIpc) is 2.82. The third-order valence-electron chi connectivity index (χ3n) is 5.70. The van der Waals surface area contributed by atoms with Crippen molar-refractivity contribution in [1.29, 1.82) is 0 Å². The molecule has 2 N–H and O–H groups in total. The van der Waals surface area contributed by atoms with Gasteiger partial charge in [-0.2, -0.15) is 4.31 Å². The van der Waals surface area contributed by atoms with Gasteiger partial charge >= 0.3 is 11.8 Å². The summed E-state index contributed by atoms with van der Waals surface area (Å²) in [5.74, 6) is -0.805. The van der Waals surface area contributed by atoms with E-state index in [1.807, 2.05) is 0 Å². The zero-order chi connectivity index (χ0) is 23.1. The number of carbonyl (C=O) groups is 2. The summed E-state index contributed by atoms with van der Waals surface area (Å²) in [6.07, 6.45) is 4.52. The largest absolute Gasteiger partial charge is 0.493 e. The Labute approximate surface area is 188 Å².